The number of para-hydroxylation sites is 1. The highest BCUT2D eigenvalue weighted by Gasteiger charge is 2.15. The maximum Gasteiger partial charge on any atom is 0.227 e. The highest BCUT2D eigenvalue weighted by Crippen LogP contribution is 2.22. The summed E-state index contributed by atoms with van der Waals surface area (Å²) >= 11 is 0. The molecule has 0 aliphatic rings. The van der Waals surface area contributed by atoms with Gasteiger partial charge in [-0.05, 0) is 36.2 Å². The lowest BCUT2D eigenvalue weighted by Crippen LogP contribution is -2.28. The minimum absolute atomic E-state index is 0.0903. The molecule has 0 fully saturated rings. The maximum absolute atomic E-state index is 13.4. The molecule has 0 aliphatic heterocycles. The summed E-state index contributed by atoms with van der Waals surface area (Å²) in [7, 11) is 1.73. The van der Waals surface area contributed by atoms with E-state index in [9.17, 15) is 14.3 Å². The fourth-order valence-electron chi connectivity index (χ4n) is 2.79. The number of hydrogen-bond donors (Lipinski definition) is 2. The molecular formula is C19H19FN2O2. The van der Waals surface area contributed by atoms with E-state index in [1.54, 1.807) is 18.0 Å². The Morgan fingerprint density at radius 3 is 2.71 bits per heavy atom. The number of benzene rings is 2. The van der Waals surface area contributed by atoms with Crippen LogP contribution in [0.25, 0.3) is 10.9 Å². The van der Waals surface area contributed by atoms with Crippen LogP contribution in [0, 0.1) is 12.7 Å². The Bertz CT molecular complexity index is 902. The number of nitrogens with zero attached hydrogens (tertiary/aromatic N) is 1. The van der Waals surface area contributed by atoms with E-state index >= 15 is 0 Å². The fourth-order valence-corrected chi connectivity index (χ4v) is 2.79. The van der Waals surface area contributed by atoms with Gasteiger partial charge in [0, 0.05) is 23.6 Å². The number of nitrogens with one attached hydrogen (secondary N) is 1. The van der Waals surface area contributed by atoms with Crippen LogP contribution in [0.5, 0.6) is 5.75 Å². The molecule has 0 radical (unpaired) electrons. The number of fused-ring (bicyclic) bond motifs is 1. The second-order valence-electron chi connectivity index (χ2n) is 5.99. The van der Waals surface area contributed by atoms with Gasteiger partial charge in [0.05, 0.1) is 13.0 Å². The quantitative estimate of drug-likeness (QED) is 0.771. The molecule has 2 N–H and O–H groups in total. The van der Waals surface area contributed by atoms with Crippen LogP contribution in [0.1, 0.15) is 16.8 Å². The molecule has 2 aromatic carbocycles. The van der Waals surface area contributed by atoms with Crippen LogP contribution in [0.4, 0.5) is 4.39 Å². The second-order valence-corrected chi connectivity index (χ2v) is 5.99. The minimum atomic E-state index is -0.714. The third-order valence-corrected chi connectivity index (χ3v) is 4.26. The van der Waals surface area contributed by atoms with Gasteiger partial charge in [-0.3, -0.25) is 4.79 Å². The zero-order chi connectivity index (χ0) is 17.3. The Kier molecular flexibility index (Phi) is 4.25. The molecule has 3 rings (SSSR count). The number of likely N-dealkylation sites (N-methyl/N-ethyl adjacent to an activating group) is 1. The molecule has 1 amide bonds. The van der Waals surface area contributed by atoms with Crippen molar-refractivity contribution >= 4 is 16.8 Å². The molecule has 3 aromatic rings. The zero-order valence-electron chi connectivity index (χ0n) is 13.6. The molecule has 124 valence electrons. The van der Waals surface area contributed by atoms with E-state index in [1.807, 2.05) is 31.2 Å². The summed E-state index contributed by atoms with van der Waals surface area (Å²) in [6.45, 7) is 2.49. The summed E-state index contributed by atoms with van der Waals surface area (Å²) in [4.78, 5) is 17.3. The molecule has 1 heterocycles. The van der Waals surface area contributed by atoms with Crippen molar-refractivity contribution in [2.75, 3.05) is 7.05 Å². The molecular weight excluding hydrogens is 307 g/mol. The maximum atomic E-state index is 13.4. The standard InChI is InChI=1S/C19H19FN2O2/c1-12-14-5-3-4-6-16(14)21-17(12)11-22(2)19(24)10-13-7-8-18(23)15(20)9-13/h3-9,21,23H,10-11H2,1-2H3. The predicted octanol–water partition coefficient (Wildman–Crippen LogP) is 3.52. The Labute approximate surface area is 139 Å². The first-order valence-electron chi connectivity index (χ1n) is 7.73. The number of aryl methyl sites for hydroxylation is 1. The van der Waals surface area contributed by atoms with Crippen LogP contribution in [0.15, 0.2) is 42.5 Å². The summed E-state index contributed by atoms with van der Waals surface area (Å²) in [5.74, 6) is -1.24. The Morgan fingerprint density at radius 1 is 1.25 bits per heavy atom. The molecule has 24 heavy (non-hydrogen) atoms. The lowest BCUT2D eigenvalue weighted by Gasteiger charge is -2.17. The fraction of sp³-hybridized carbons (Fsp3) is 0.211. The molecule has 0 bridgehead atoms. The molecule has 1 aromatic heterocycles. The van der Waals surface area contributed by atoms with Gasteiger partial charge in [0.15, 0.2) is 11.6 Å². The van der Waals surface area contributed by atoms with Crippen LogP contribution in [-0.2, 0) is 17.8 Å². The summed E-state index contributed by atoms with van der Waals surface area (Å²) < 4.78 is 13.4. The van der Waals surface area contributed by atoms with Crippen molar-refractivity contribution in [1.82, 2.24) is 9.88 Å². The van der Waals surface area contributed by atoms with Gasteiger partial charge in [-0.15, -0.1) is 0 Å². The van der Waals surface area contributed by atoms with Crippen molar-refractivity contribution < 1.29 is 14.3 Å². The number of amides is 1. The predicted molar refractivity (Wildman–Crippen MR) is 91.3 cm³/mol. The SMILES string of the molecule is Cc1c(CN(C)C(=O)Cc2ccc(O)c(F)c2)[nH]c2ccccc12. The molecule has 0 unspecified atom stereocenters. The number of rotatable bonds is 4. The van der Waals surface area contributed by atoms with E-state index in [4.69, 9.17) is 0 Å². The minimum Gasteiger partial charge on any atom is -0.505 e. The first kappa shape index (κ1) is 16.1. The number of phenolic OH excluding ortho intramolecular Hbond substituents is 1. The number of hydrogen-bond acceptors (Lipinski definition) is 2. The van der Waals surface area contributed by atoms with Crippen LogP contribution < -0.4 is 0 Å². The van der Waals surface area contributed by atoms with E-state index in [-0.39, 0.29) is 12.3 Å². The van der Waals surface area contributed by atoms with Crippen LogP contribution in [-0.4, -0.2) is 27.9 Å². The largest absolute Gasteiger partial charge is 0.505 e. The van der Waals surface area contributed by atoms with Crippen LogP contribution in [0.2, 0.25) is 0 Å². The molecule has 5 heteroatoms. The number of carbonyl (C=O) groups is 1. The normalized spacial score (nSPS) is 11.0. The van der Waals surface area contributed by atoms with Gasteiger partial charge in [0.2, 0.25) is 5.91 Å². The van der Waals surface area contributed by atoms with Gasteiger partial charge in [-0.25, -0.2) is 4.39 Å². The summed E-state index contributed by atoms with van der Waals surface area (Å²) in [5, 5.41) is 10.4. The first-order chi connectivity index (χ1) is 11.5. The summed E-state index contributed by atoms with van der Waals surface area (Å²) in [6.07, 6.45) is 0.0903. The van der Waals surface area contributed by atoms with E-state index in [0.717, 1.165) is 22.2 Å². The monoisotopic (exact) mass is 326 g/mol. The molecule has 0 saturated carbocycles. The first-order valence-corrected chi connectivity index (χ1v) is 7.73. The molecule has 0 saturated heterocycles. The average Bonchev–Trinajstić information content (AvgIpc) is 2.87. The number of H-pyrrole nitrogens is 1. The Balaban J connectivity index is 1.73. The van der Waals surface area contributed by atoms with E-state index in [2.05, 4.69) is 4.98 Å². The van der Waals surface area contributed by atoms with Crippen molar-refractivity contribution in [3.05, 3.63) is 65.1 Å². The van der Waals surface area contributed by atoms with Crippen molar-refractivity contribution in [3.63, 3.8) is 0 Å². The van der Waals surface area contributed by atoms with E-state index in [1.165, 1.54) is 12.1 Å². The van der Waals surface area contributed by atoms with Gasteiger partial charge < -0.3 is 15.0 Å². The summed E-state index contributed by atoms with van der Waals surface area (Å²) in [5.41, 5.74) is 3.70. The van der Waals surface area contributed by atoms with Crippen molar-refractivity contribution in [2.24, 2.45) is 0 Å². The van der Waals surface area contributed by atoms with E-state index in [0.29, 0.717) is 12.1 Å². The molecule has 4 nitrogen and oxygen atoms in total. The number of aromatic amines is 1. The zero-order valence-corrected chi connectivity index (χ0v) is 13.6. The molecule has 0 aliphatic carbocycles. The highest BCUT2D eigenvalue weighted by atomic mass is 19.1. The smallest absolute Gasteiger partial charge is 0.227 e. The van der Waals surface area contributed by atoms with Crippen LogP contribution >= 0.6 is 0 Å². The number of aromatic nitrogens is 1. The Hall–Kier alpha value is -2.82. The van der Waals surface area contributed by atoms with Gasteiger partial charge in [-0.1, -0.05) is 24.3 Å². The molecule has 0 spiro atoms. The lowest BCUT2D eigenvalue weighted by molar-refractivity contribution is -0.129. The van der Waals surface area contributed by atoms with Gasteiger partial charge in [0.1, 0.15) is 0 Å². The second kappa shape index (κ2) is 6.35. The van der Waals surface area contributed by atoms with Gasteiger partial charge in [-0.2, -0.15) is 0 Å². The summed E-state index contributed by atoms with van der Waals surface area (Å²) in [6, 6.07) is 12.0. The average molecular weight is 326 g/mol. The van der Waals surface area contributed by atoms with Crippen molar-refractivity contribution in [3.8, 4) is 5.75 Å². The number of halogens is 1. The van der Waals surface area contributed by atoms with E-state index < -0.39 is 11.6 Å². The topological polar surface area (TPSA) is 56.3 Å². The van der Waals surface area contributed by atoms with Crippen LogP contribution in [0.3, 0.4) is 0 Å². The lowest BCUT2D eigenvalue weighted by atomic mass is 10.1. The van der Waals surface area contributed by atoms with Crippen molar-refractivity contribution in [1.29, 1.82) is 0 Å². The highest BCUT2D eigenvalue weighted by molar-refractivity contribution is 5.84. The van der Waals surface area contributed by atoms with Gasteiger partial charge >= 0.3 is 0 Å². The number of aromatic hydroxyl groups is 1. The third-order valence-electron chi connectivity index (χ3n) is 4.26. The van der Waals surface area contributed by atoms with Crippen molar-refractivity contribution in [2.45, 2.75) is 19.9 Å². The van der Waals surface area contributed by atoms with Gasteiger partial charge in [0.25, 0.3) is 0 Å². The number of phenols is 1. The Morgan fingerprint density at radius 2 is 2.00 bits per heavy atom. The number of carbonyl (C=O) groups excluding carboxylic acids is 1. The molecule has 0 atom stereocenters. The third kappa shape index (κ3) is 3.11.